The molecule has 76 valence electrons. The summed E-state index contributed by atoms with van der Waals surface area (Å²) in [7, 11) is 0.945. The predicted octanol–water partition coefficient (Wildman–Crippen LogP) is 2.54. The smallest absolute Gasteiger partial charge is 0.342 e. The maximum atomic E-state index is 13.0. The van der Waals surface area contributed by atoms with Gasteiger partial charge in [-0.25, -0.2) is 18.0 Å². The first-order chi connectivity index (χ1) is 6.49. The number of benzene rings is 1. The van der Waals surface area contributed by atoms with Gasteiger partial charge in [0, 0.05) is 6.07 Å². The second-order valence-corrected chi connectivity index (χ2v) is 2.71. The number of rotatable bonds is 1. The van der Waals surface area contributed by atoms with Gasteiger partial charge in [0.15, 0.2) is 11.6 Å². The summed E-state index contributed by atoms with van der Waals surface area (Å²) in [5.41, 5.74) is -0.938. The van der Waals surface area contributed by atoms with Crippen molar-refractivity contribution in [1.29, 1.82) is 0 Å². The molecule has 1 rings (SSSR count). The van der Waals surface area contributed by atoms with Gasteiger partial charge in [-0.1, -0.05) is 11.6 Å². The van der Waals surface area contributed by atoms with E-state index in [-0.39, 0.29) is 6.07 Å². The summed E-state index contributed by atoms with van der Waals surface area (Å²) in [6, 6.07) is 0.254. The third-order valence-corrected chi connectivity index (χ3v) is 1.87. The van der Waals surface area contributed by atoms with Crippen LogP contribution in [-0.4, -0.2) is 13.1 Å². The third kappa shape index (κ3) is 1.68. The molecule has 0 radical (unpaired) electrons. The molecule has 0 aliphatic carbocycles. The van der Waals surface area contributed by atoms with Crippen molar-refractivity contribution in [3.8, 4) is 0 Å². The van der Waals surface area contributed by atoms with Crippen molar-refractivity contribution >= 4 is 17.6 Å². The average Bonchev–Trinajstić information content (AvgIpc) is 2.15. The Morgan fingerprint density at radius 2 is 1.93 bits per heavy atom. The van der Waals surface area contributed by atoms with E-state index >= 15 is 0 Å². The molecule has 2 nitrogen and oxygen atoms in total. The highest BCUT2D eigenvalue weighted by atomic mass is 35.5. The quantitative estimate of drug-likeness (QED) is 0.541. The molecule has 0 fully saturated rings. The standard InChI is InChI=1S/C8H4ClF3O2/c1-14-8(13)5-6(9)3(10)2-4(11)7(5)12/h2H,1H3. The van der Waals surface area contributed by atoms with Crippen molar-refractivity contribution in [2.45, 2.75) is 0 Å². The summed E-state index contributed by atoms with van der Waals surface area (Å²) in [5, 5.41) is -0.796. The van der Waals surface area contributed by atoms with Crippen LogP contribution < -0.4 is 0 Å². The molecule has 0 aromatic heterocycles. The van der Waals surface area contributed by atoms with Gasteiger partial charge >= 0.3 is 5.97 Å². The number of hydrogen-bond acceptors (Lipinski definition) is 2. The monoisotopic (exact) mass is 224 g/mol. The second kappa shape index (κ2) is 3.88. The first kappa shape index (κ1) is 10.8. The molecule has 0 N–H and O–H groups in total. The highest BCUT2D eigenvalue weighted by molar-refractivity contribution is 6.33. The number of methoxy groups -OCH3 is 1. The van der Waals surface area contributed by atoms with Crippen molar-refractivity contribution in [2.24, 2.45) is 0 Å². The van der Waals surface area contributed by atoms with E-state index in [1.807, 2.05) is 0 Å². The normalized spacial score (nSPS) is 10.1. The summed E-state index contributed by atoms with van der Waals surface area (Å²) in [4.78, 5) is 10.9. The van der Waals surface area contributed by atoms with Crippen LogP contribution in [-0.2, 0) is 4.74 Å². The molecule has 0 aliphatic heterocycles. The van der Waals surface area contributed by atoms with Gasteiger partial charge in [-0.15, -0.1) is 0 Å². The van der Waals surface area contributed by atoms with Crippen LogP contribution in [0.15, 0.2) is 6.07 Å². The minimum absolute atomic E-state index is 0.254. The highest BCUT2D eigenvalue weighted by Gasteiger charge is 2.23. The minimum atomic E-state index is -1.52. The Kier molecular flexibility index (Phi) is 3.00. The van der Waals surface area contributed by atoms with E-state index in [0.717, 1.165) is 7.11 Å². The van der Waals surface area contributed by atoms with Crippen LogP contribution in [0.25, 0.3) is 0 Å². The molecule has 0 unspecified atom stereocenters. The van der Waals surface area contributed by atoms with E-state index in [1.54, 1.807) is 0 Å². The van der Waals surface area contributed by atoms with Gasteiger partial charge in [0.05, 0.1) is 12.1 Å². The van der Waals surface area contributed by atoms with Crippen LogP contribution in [0.2, 0.25) is 5.02 Å². The third-order valence-electron chi connectivity index (χ3n) is 1.50. The molecule has 0 amide bonds. The van der Waals surface area contributed by atoms with E-state index in [9.17, 15) is 18.0 Å². The Morgan fingerprint density at radius 3 is 2.43 bits per heavy atom. The van der Waals surface area contributed by atoms with E-state index in [0.29, 0.717) is 0 Å². The Morgan fingerprint density at radius 1 is 1.36 bits per heavy atom. The number of ether oxygens (including phenoxy) is 1. The van der Waals surface area contributed by atoms with Crippen LogP contribution in [0.3, 0.4) is 0 Å². The lowest BCUT2D eigenvalue weighted by molar-refractivity contribution is 0.0594. The lowest BCUT2D eigenvalue weighted by Crippen LogP contribution is -2.08. The van der Waals surface area contributed by atoms with Gasteiger partial charge in [0.2, 0.25) is 0 Å². The number of carbonyl (C=O) groups is 1. The molecule has 0 saturated carbocycles. The molecule has 0 aliphatic rings. The molecule has 14 heavy (non-hydrogen) atoms. The van der Waals surface area contributed by atoms with Crippen molar-refractivity contribution < 1.29 is 22.7 Å². The maximum absolute atomic E-state index is 13.0. The Balaban J connectivity index is 3.47. The topological polar surface area (TPSA) is 26.3 Å². The molecule has 6 heteroatoms. The second-order valence-electron chi connectivity index (χ2n) is 2.33. The zero-order chi connectivity index (χ0) is 10.9. The number of carbonyl (C=O) groups excluding carboxylic acids is 1. The van der Waals surface area contributed by atoms with Crippen molar-refractivity contribution in [2.75, 3.05) is 7.11 Å². The fourth-order valence-electron chi connectivity index (χ4n) is 0.854. The van der Waals surface area contributed by atoms with E-state index in [1.165, 1.54) is 0 Å². The Labute approximate surface area is 82.2 Å². The van der Waals surface area contributed by atoms with Gasteiger partial charge in [-0.2, -0.15) is 0 Å². The summed E-state index contributed by atoms with van der Waals surface area (Å²) < 4.78 is 42.5. The van der Waals surface area contributed by atoms with Crippen LogP contribution in [0.5, 0.6) is 0 Å². The summed E-state index contributed by atoms with van der Waals surface area (Å²) in [6.07, 6.45) is 0. The van der Waals surface area contributed by atoms with Gasteiger partial charge in [-0.05, 0) is 0 Å². The summed E-state index contributed by atoms with van der Waals surface area (Å²) in [5.74, 6) is -5.47. The van der Waals surface area contributed by atoms with Gasteiger partial charge in [0.25, 0.3) is 0 Å². The molecular weight excluding hydrogens is 221 g/mol. The maximum Gasteiger partial charge on any atom is 0.342 e. The highest BCUT2D eigenvalue weighted by Crippen LogP contribution is 2.25. The number of halogens is 4. The van der Waals surface area contributed by atoms with Crippen LogP contribution in [0.1, 0.15) is 10.4 Å². The largest absolute Gasteiger partial charge is 0.465 e. The van der Waals surface area contributed by atoms with Crippen LogP contribution in [0.4, 0.5) is 13.2 Å². The Bertz CT molecular complexity index is 366. The average molecular weight is 225 g/mol. The summed E-state index contributed by atoms with van der Waals surface area (Å²) in [6.45, 7) is 0. The molecule has 1 aromatic carbocycles. The van der Waals surface area contributed by atoms with Crippen molar-refractivity contribution in [3.63, 3.8) is 0 Å². The zero-order valence-corrected chi connectivity index (χ0v) is 7.66. The van der Waals surface area contributed by atoms with Crippen molar-refractivity contribution in [1.82, 2.24) is 0 Å². The molecule has 0 bridgehead atoms. The summed E-state index contributed by atoms with van der Waals surface area (Å²) >= 11 is 5.26. The molecule has 0 spiro atoms. The predicted molar refractivity (Wildman–Crippen MR) is 42.7 cm³/mol. The van der Waals surface area contributed by atoms with E-state index < -0.39 is 34.0 Å². The first-order valence-corrected chi connectivity index (χ1v) is 3.78. The molecule has 0 atom stereocenters. The van der Waals surface area contributed by atoms with Crippen LogP contribution >= 0.6 is 11.6 Å². The molecule has 1 aromatic rings. The lowest BCUT2D eigenvalue weighted by Gasteiger charge is -2.05. The van der Waals surface area contributed by atoms with Gasteiger partial charge in [-0.3, -0.25) is 0 Å². The SMILES string of the molecule is COC(=O)c1c(F)c(F)cc(F)c1Cl. The van der Waals surface area contributed by atoms with Gasteiger partial charge in [0.1, 0.15) is 11.4 Å². The zero-order valence-electron chi connectivity index (χ0n) is 6.91. The Hall–Kier alpha value is -1.23. The van der Waals surface area contributed by atoms with Crippen molar-refractivity contribution in [3.05, 3.63) is 34.1 Å². The molecular formula is C8H4ClF3O2. The molecule has 0 saturated heterocycles. The van der Waals surface area contributed by atoms with E-state index in [4.69, 9.17) is 11.6 Å². The minimum Gasteiger partial charge on any atom is -0.465 e. The number of hydrogen-bond donors (Lipinski definition) is 0. The number of esters is 1. The lowest BCUT2D eigenvalue weighted by atomic mass is 10.2. The van der Waals surface area contributed by atoms with Crippen LogP contribution in [0, 0.1) is 17.5 Å². The fourth-order valence-corrected chi connectivity index (χ4v) is 1.07. The van der Waals surface area contributed by atoms with E-state index in [2.05, 4.69) is 4.74 Å². The first-order valence-electron chi connectivity index (χ1n) is 3.40. The fraction of sp³-hybridized carbons (Fsp3) is 0.125. The van der Waals surface area contributed by atoms with Gasteiger partial charge < -0.3 is 4.74 Å². The molecule has 0 heterocycles.